The fourth-order valence-electron chi connectivity index (χ4n) is 2.98. The number of likely N-dealkylation sites (tertiary alicyclic amines) is 1. The summed E-state index contributed by atoms with van der Waals surface area (Å²) in [4.78, 5) is 24.5. The van der Waals surface area contributed by atoms with Gasteiger partial charge in [0.25, 0.3) is 0 Å². The number of hydrogen-bond acceptors (Lipinski definition) is 4. The molecule has 0 atom stereocenters. The molecule has 140 valence electrons. The molecule has 1 aromatic heterocycles. The van der Waals surface area contributed by atoms with E-state index in [1.54, 1.807) is 18.2 Å². The Morgan fingerprint density at radius 3 is 2.85 bits per heavy atom. The Morgan fingerprint density at radius 1 is 1.27 bits per heavy atom. The summed E-state index contributed by atoms with van der Waals surface area (Å²) in [6.07, 6.45) is 2.58. The summed E-state index contributed by atoms with van der Waals surface area (Å²) in [5, 5.41) is 12.4. The van der Waals surface area contributed by atoms with E-state index in [9.17, 15) is 9.59 Å². The summed E-state index contributed by atoms with van der Waals surface area (Å²) in [5.74, 6) is 0.765. The van der Waals surface area contributed by atoms with Gasteiger partial charge in [0.05, 0.1) is 12.1 Å². The van der Waals surface area contributed by atoms with E-state index < -0.39 is 5.97 Å². The molecule has 2 aromatic rings. The molecular formula is C19H23ClN2O4. The van der Waals surface area contributed by atoms with Crippen LogP contribution in [0.4, 0.5) is 0 Å². The van der Waals surface area contributed by atoms with E-state index in [2.05, 4.69) is 5.32 Å². The number of carbonyl (C=O) groups excluding carboxylic acids is 1. The van der Waals surface area contributed by atoms with E-state index in [1.807, 2.05) is 23.1 Å². The van der Waals surface area contributed by atoms with Crippen LogP contribution in [0.5, 0.6) is 0 Å². The molecule has 1 amide bonds. The van der Waals surface area contributed by atoms with Gasteiger partial charge in [-0.05, 0) is 43.7 Å². The average Bonchev–Trinajstić information content (AvgIpc) is 3.24. The first-order chi connectivity index (χ1) is 12.1. The lowest BCUT2D eigenvalue weighted by molar-refractivity contribution is -0.127. The maximum Gasteiger partial charge on any atom is 0.335 e. The molecule has 1 aliphatic rings. The first-order valence-electron chi connectivity index (χ1n) is 8.54. The Morgan fingerprint density at radius 2 is 2.12 bits per heavy atom. The van der Waals surface area contributed by atoms with Gasteiger partial charge in [0.1, 0.15) is 11.5 Å². The summed E-state index contributed by atoms with van der Waals surface area (Å²) in [6, 6.07) is 10.4. The summed E-state index contributed by atoms with van der Waals surface area (Å²) in [5.41, 5.74) is 0.990. The van der Waals surface area contributed by atoms with E-state index in [4.69, 9.17) is 9.52 Å². The van der Waals surface area contributed by atoms with Crippen LogP contribution >= 0.6 is 12.4 Å². The van der Waals surface area contributed by atoms with Crippen LogP contribution in [-0.2, 0) is 11.3 Å². The van der Waals surface area contributed by atoms with Crippen molar-refractivity contribution in [2.75, 3.05) is 19.6 Å². The minimum absolute atomic E-state index is 0. The van der Waals surface area contributed by atoms with Crippen molar-refractivity contribution in [1.29, 1.82) is 0 Å². The summed E-state index contributed by atoms with van der Waals surface area (Å²) in [6.45, 7) is 3.11. The molecule has 0 spiro atoms. The summed E-state index contributed by atoms with van der Waals surface area (Å²) in [7, 11) is 0. The first kappa shape index (κ1) is 20.0. The zero-order chi connectivity index (χ0) is 17.6. The third-order valence-corrected chi connectivity index (χ3v) is 4.31. The van der Waals surface area contributed by atoms with E-state index >= 15 is 0 Å². The van der Waals surface area contributed by atoms with Crippen LogP contribution in [0.1, 0.15) is 35.4 Å². The number of rotatable bonds is 8. The quantitative estimate of drug-likeness (QED) is 0.689. The number of carboxylic acids is 1. The highest BCUT2D eigenvalue weighted by molar-refractivity contribution is 5.89. The Hall–Kier alpha value is -2.31. The van der Waals surface area contributed by atoms with Crippen LogP contribution in [0, 0.1) is 0 Å². The van der Waals surface area contributed by atoms with Crippen molar-refractivity contribution >= 4 is 24.3 Å². The van der Waals surface area contributed by atoms with E-state index in [0.29, 0.717) is 18.7 Å². The average molecular weight is 379 g/mol. The maximum atomic E-state index is 11.5. The molecule has 2 N–H and O–H groups in total. The number of benzene rings is 1. The largest absolute Gasteiger partial charge is 0.478 e. The molecule has 2 heterocycles. The Labute approximate surface area is 158 Å². The van der Waals surface area contributed by atoms with Crippen molar-refractivity contribution in [3.05, 3.63) is 47.7 Å². The second-order valence-electron chi connectivity index (χ2n) is 6.17. The van der Waals surface area contributed by atoms with Gasteiger partial charge in [0, 0.05) is 25.1 Å². The standard InChI is InChI=1S/C19H22N2O4.ClH/c22-18-6-2-10-21(18)11-3-9-20-13-16-7-8-17(25-16)14-4-1-5-15(12-14)19(23)24;/h1,4-5,7-8,12,20H,2-3,6,9-11,13H2,(H,23,24);1H. The van der Waals surface area contributed by atoms with Crippen LogP contribution in [0.3, 0.4) is 0 Å². The monoisotopic (exact) mass is 378 g/mol. The number of carbonyl (C=O) groups is 2. The highest BCUT2D eigenvalue weighted by Crippen LogP contribution is 2.23. The second-order valence-corrected chi connectivity index (χ2v) is 6.17. The number of amides is 1. The van der Waals surface area contributed by atoms with Gasteiger partial charge in [0.15, 0.2) is 0 Å². The van der Waals surface area contributed by atoms with Crippen molar-refractivity contribution in [3.8, 4) is 11.3 Å². The van der Waals surface area contributed by atoms with Gasteiger partial charge in [-0.2, -0.15) is 0 Å². The van der Waals surface area contributed by atoms with Gasteiger partial charge in [-0.3, -0.25) is 4.79 Å². The molecule has 0 aliphatic carbocycles. The number of hydrogen-bond donors (Lipinski definition) is 2. The van der Waals surface area contributed by atoms with Crippen LogP contribution in [0.25, 0.3) is 11.3 Å². The highest BCUT2D eigenvalue weighted by Gasteiger charge is 2.18. The Bertz CT molecular complexity index is 760. The molecule has 26 heavy (non-hydrogen) atoms. The molecule has 1 fully saturated rings. The molecule has 1 aromatic carbocycles. The molecule has 0 bridgehead atoms. The van der Waals surface area contributed by atoms with Crippen molar-refractivity contribution in [2.24, 2.45) is 0 Å². The van der Waals surface area contributed by atoms with Crippen molar-refractivity contribution in [3.63, 3.8) is 0 Å². The third kappa shape index (κ3) is 5.09. The molecule has 0 unspecified atom stereocenters. The molecule has 1 aliphatic heterocycles. The number of aromatic carboxylic acids is 1. The van der Waals surface area contributed by atoms with Gasteiger partial charge in [-0.25, -0.2) is 4.79 Å². The fraction of sp³-hybridized carbons (Fsp3) is 0.368. The molecule has 1 saturated heterocycles. The van der Waals surface area contributed by atoms with Crippen LogP contribution in [-0.4, -0.2) is 41.5 Å². The predicted molar refractivity (Wildman–Crippen MR) is 100 cm³/mol. The van der Waals surface area contributed by atoms with Gasteiger partial charge in [0.2, 0.25) is 5.91 Å². The topological polar surface area (TPSA) is 82.8 Å². The highest BCUT2D eigenvalue weighted by atomic mass is 35.5. The molecular weight excluding hydrogens is 356 g/mol. The molecule has 6 nitrogen and oxygen atoms in total. The van der Waals surface area contributed by atoms with Crippen molar-refractivity contribution in [1.82, 2.24) is 10.2 Å². The number of nitrogens with zero attached hydrogens (tertiary/aromatic N) is 1. The number of furan rings is 1. The number of carboxylic acid groups (broad SMARTS) is 1. The van der Waals surface area contributed by atoms with Crippen LogP contribution in [0.2, 0.25) is 0 Å². The smallest absolute Gasteiger partial charge is 0.335 e. The Kier molecular flexibility index (Phi) is 7.24. The predicted octanol–water partition coefficient (Wildman–Crippen LogP) is 3.17. The van der Waals surface area contributed by atoms with Crippen LogP contribution in [0.15, 0.2) is 40.8 Å². The van der Waals surface area contributed by atoms with Gasteiger partial charge in [-0.15, -0.1) is 12.4 Å². The minimum atomic E-state index is -0.952. The maximum absolute atomic E-state index is 11.5. The van der Waals surface area contributed by atoms with Crippen LogP contribution < -0.4 is 5.32 Å². The third-order valence-electron chi connectivity index (χ3n) is 4.31. The van der Waals surface area contributed by atoms with Crippen molar-refractivity contribution < 1.29 is 19.1 Å². The summed E-state index contributed by atoms with van der Waals surface area (Å²) < 4.78 is 5.78. The lowest BCUT2D eigenvalue weighted by Gasteiger charge is -2.15. The molecule has 0 saturated carbocycles. The van der Waals surface area contributed by atoms with Gasteiger partial charge < -0.3 is 19.7 Å². The van der Waals surface area contributed by atoms with E-state index in [0.717, 1.165) is 43.8 Å². The van der Waals surface area contributed by atoms with Gasteiger partial charge in [-0.1, -0.05) is 12.1 Å². The fourth-order valence-corrected chi connectivity index (χ4v) is 2.98. The number of nitrogens with one attached hydrogen (secondary N) is 1. The first-order valence-corrected chi connectivity index (χ1v) is 8.54. The SMILES string of the molecule is Cl.O=C(O)c1cccc(-c2ccc(CNCCCN3CCCC3=O)o2)c1. The normalized spacial score (nSPS) is 13.7. The molecule has 7 heteroatoms. The van der Waals surface area contributed by atoms with E-state index in [-0.39, 0.29) is 23.9 Å². The van der Waals surface area contributed by atoms with Crippen molar-refractivity contribution in [2.45, 2.75) is 25.8 Å². The Balaban J connectivity index is 0.00000243. The molecule has 3 rings (SSSR count). The second kappa shape index (κ2) is 9.40. The van der Waals surface area contributed by atoms with Gasteiger partial charge >= 0.3 is 5.97 Å². The zero-order valence-electron chi connectivity index (χ0n) is 14.4. The summed E-state index contributed by atoms with van der Waals surface area (Å²) >= 11 is 0. The zero-order valence-corrected chi connectivity index (χ0v) is 15.3. The molecule has 0 radical (unpaired) electrons. The minimum Gasteiger partial charge on any atom is -0.478 e. The number of halogens is 1. The lowest BCUT2D eigenvalue weighted by atomic mass is 10.1. The lowest BCUT2D eigenvalue weighted by Crippen LogP contribution is -2.28. The van der Waals surface area contributed by atoms with E-state index in [1.165, 1.54) is 0 Å².